The monoisotopic (exact) mass is 527 g/mol. The Balaban J connectivity index is 1.91. The van der Waals surface area contributed by atoms with Crippen LogP contribution in [0, 0.1) is 6.92 Å². The summed E-state index contributed by atoms with van der Waals surface area (Å²) < 4.78 is 55.5. The molecule has 10 heteroatoms. The Labute approximate surface area is 216 Å². The molecule has 7 nitrogen and oxygen atoms in total. The van der Waals surface area contributed by atoms with Gasteiger partial charge in [-0.25, -0.2) is 4.79 Å². The summed E-state index contributed by atoms with van der Waals surface area (Å²) in [6.45, 7) is 3.35. The van der Waals surface area contributed by atoms with Crippen LogP contribution in [0.3, 0.4) is 0 Å². The van der Waals surface area contributed by atoms with Gasteiger partial charge in [-0.1, -0.05) is 25.1 Å². The smallest absolute Gasteiger partial charge is 0.497 e. The van der Waals surface area contributed by atoms with E-state index < -0.39 is 24.2 Å². The molecule has 0 unspecified atom stereocenters. The van der Waals surface area contributed by atoms with Crippen LogP contribution in [0.2, 0.25) is 0 Å². The van der Waals surface area contributed by atoms with Gasteiger partial charge in [0.1, 0.15) is 17.2 Å². The topological polar surface area (TPSA) is 87.0 Å². The second kappa shape index (κ2) is 10.5. The van der Waals surface area contributed by atoms with Gasteiger partial charge in [-0.05, 0) is 49.7 Å². The Kier molecular flexibility index (Phi) is 7.34. The van der Waals surface area contributed by atoms with Crippen molar-refractivity contribution in [3.8, 4) is 22.9 Å². The maximum Gasteiger partial charge on any atom is 0.573 e. The van der Waals surface area contributed by atoms with Gasteiger partial charge in [0, 0.05) is 34.5 Å². The minimum atomic E-state index is -4.90. The highest BCUT2D eigenvalue weighted by Gasteiger charge is 2.32. The average molecular weight is 527 g/mol. The number of ketones is 1. The van der Waals surface area contributed by atoms with Crippen molar-refractivity contribution in [1.29, 1.82) is 0 Å². The fourth-order valence-corrected chi connectivity index (χ4v) is 4.29. The summed E-state index contributed by atoms with van der Waals surface area (Å²) in [4.78, 5) is 25.1. The molecule has 1 atom stereocenters. The number of hydrogen-bond donors (Lipinski definition) is 1. The lowest BCUT2D eigenvalue weighted by molar-refractivity contribution is -0.274. The first kappa shape index (κ1) is 26.6. The van der Waals surface area contributed by atoms with E-state index in [-0.39, 0.29) is 29.0 Å². The summed E-state index contributed by atoms with van der Waals surface area (Å²) in [7, 11) is 1.48. The molecular formula is C28H24F3NO6. The molecule has 0 bridgehead atoms. The molecule has 0 saturated heterocycles. The minimum Gasteiger partial charge on any atom is -0.497 e. The summed E-state index contributed by atoms with van der Waals surface area (Å²) >= 11 is 0. The van der Waals surface area contributed by atoms with Crippen molar-refractivity contribution < 1.29 is 42.1 Å². The first-order valence-corrected chi connectivity index (χ1v) is 11.6. The number of methoxy groups -OCH3 is 1. The van der Waals surface area contributed by atoms with Gasteiger partial charge in [0.25, 0.3) is 0 Å². The van der Waals surface area contributed by atoms with Crippen LogP contribution in [-0.2, 0) is 4.79 Å². The summed E-state index contributed by atoms with van der Waals surface area (Å²) in [6.07, 6.45) is -5.76. The molecule has 1 aromatic heterocycles. The number of benzene rings is 3. The first-order valence-electron chi connectivity index (χ1n) is 11.6. The highest BCUT2D eigenvalue weighted by Crippen LogP contribution is 2.36. The predicted molar refractivity (Wildman–Crippen MR) is 133 cm³/mol. The SMILES string of the molecule is CC[C@H](Oc1cccc(-n2c(C)c(C(=O)c3cccc(OC)c3)c3ccc(OC(F)(F)F)cc32)c1)C(=O)O. The molecule has 0 amide bonds. The molecule has 1 N–H and O–H groups in total. The van der Waals surface area contributed by atoms with Gasteiger partial charge in [0.2, 0.25) is 0 Å². The Hall–Kier alpha value is -4.47. The van der Waals surface area contributed by atoms with Crippen LogP contribution in [0.5, 0.6) is 17.2 Å². The van der Waals surface area contributed by atoms with Crippen LogP contribution in [0.1, 0.15) is 35.0 Å². The van der Waals surface area contributed by atoms with Crippen molar-refractivity contribution in [3.63, 3.8) is 0 Å². The second-order valence-corrected chi connectivity index (χ2v) is 8.43. The molecule has 38 heavy (non-hydrogen) atoms. The highest BCUT2D eigenvalue weighted by molar-refractivity contribution is 6.18. The Morgan fingerprint density at radius 3 is 2.34 bits per heavy atom. The summed E-state index contributed by atoms with van der Waals surface area (Å²) in [5, 5.41) is 9.77. The van der Waals surface area contributed by atoms with Crippen LogP contribution in [0.25, 0.3) is 16.6 Å². The maximum absolute atomic E-state index is 13.7. The van der Waals surface area contributed by atoms with E-state index in [1.54, 1.807) is 66.9 Å². The second-order valence-electron chi connectivity index (χ2n) is 8.43. The van der Waals surface area contributed by atoms with Crippen molar-refractivity contribution in [3.05, 3.63) is 83.6 Å². The van der Waals surface area contributed by atoms with E-state index in [2.05, 4.69) is 4.74 Å². The molecular weight excluding hydrogens is 503 g/mol. The van der Waals surface area contributed by atoms with Crippen molar-refractivity contribution in [1.82, 2.24) is 4.57 Å². The molecule has 0 aliphatic rings. The normalized spacial score (nSPS) is 12.3. The molecule has 198 valence electrons. The molecule has 0 saturated carbocycles. The zero-order chi connectivity index (χ0) is 27.6. The fourth-order valence-electron chi connectivity index (χ4n) is 4.29. The fraction of sp³-hybridized carbons (Fsp3) is 0.214. The van der Waals surface area contributed by atoms with Gasteiger partial charge in [-0.2, -0.15) is 0 Å². The minimum absolute atomic E-state index is 0.225. The molecule has 3 aromatic carbocycles. The number of rotatable bonds is 9. The Morgan fingerprint density at radius 2 is 1.68 bits per heavy atom. The van der Waals surface area contributed by atoms with E-state index in [1.807, 2.05) is 0 Å². The summed E-state index contributed by atoms with van der Waals surface area (Å²) in [6, 6.07) is 16.8. The lowest BCUT2D eigenvalue weighted by Gasteiger charge is -2.15. The quantitative estimate of drug-likeness (QED) is 0.257. The van der Waals surface area contributed by atoms with E-state index in [9.17, 15) is 27.9 Å². The van der Waals surface area contributed by atoms with Crippen LogP contribution in [0.15, 0.2) is 66.7 Å². The number of carboxylic acid groups (broad SMARTS) is 1. The molecule has 4 rings (SSSR count). The molecule has 0 fully saturated rings. The number of fused-ring (bicyclic) bond motifs is 1. The Morgan fingerprint density at radius 1 is 0.974 bits per heavy atom. The van der Waals surface area contributed by atoms with Gasteiger partial charge in [0.05, 0.1) is 18.2 Å². The first-order chi connectivity index (χ1) is 18.0. The highest BCUT2D eigenvalue weighted by atomic mass is 19.4. The predicted octanol–water partition coefficient (Wildman–Crippen LogP) is 6.32. The van der Waals surface area contributed by atoms with Gasteiger partial charge in [0.15, 0.2) is 11.9 Å². The zero-order valence-corrected chi connectivity index (χ0v) is 20.7. The van der Waals surface area contributed by atoms with Gasteiger partial charge in [-0.3, -0.25) is 4.79 Å². The van der Waals surface area contributed by atoms with Crippen LogP contribution in [0.4, 0.5) is 13.2 Å². The van der Waals surface area contributed by atoms with E-state index in [1.165, 1.54) is 19.2 Å². The lowest BCUT2D eigenvalue weighted by Crippen LogP contribution is -2.25. The number of hydrogen-bond acceptors (Lipinski definition) is 5. The van der Waals surface area contributed by atoms with Crippen LogP contribution >= 0.6 is 0 Å². The standard InChI is InChI=1S/C28H24F3NO6/c1-4-24(27(34)35)37-20-10-6-8-18(14-20)32-16(2)25(26(33)17-7-5-9-19(13-17)36-3)22-12-11-21(15-23(22)32)38-28(29,30)31/h5-15,24H,4H2,1-3H3,(H,34,35)/t24-/m0/s1. The third kappa shape index (κ3) is 5.44. The van der Waals surface area contributed by atoms with Crippen LogP contribution < -0.4 is 14.2 Å². The number of halogens is 3. The molecule has 0 spiro atoms. The molecule has 0 aliphatic heterocycles. The zero-order valence-electron chi connectivity index (χ0n) is 20.7. The van der Waals surface area contributed by atoms with Gasteiger partial charge >= 0.3 is 12.3 Å². The number of alkyl halides is 3. The van der Waals surface area contributed by atoms with Crippen molar-refractivity contribution in [2.45, 2.75) is 32.7 Å². The summed E-state index contributed by atoms with van der Waals surface area (Å²) in [5.41, 5.74) is 1.83. The average Bonchev–Trinajstić information content (AvgIpc) is 3.16. The maximum atomic E-state index is 13.7. The van der Waals surface area contributed by atoms with Crippen molar-refractivity contribution in [2.75, 3.05) is 7.11 Å². The summed E-state index contributed by atoms with van der Waals surface area (Å²) in [5.74, 6) is -1.19. The van der Waals surface area contributed by atoms with Gasteiger partial charge < -0.3 is 23.9 Å². The molecule has 0 radical (unpaired) electrons. The number of carboxylic acids is 1. The molecule has 4 aromatic rings. The third-order valence-corrected chi connectivity index (χ3v) is 5.97. The number of aromatic nitrogens is 1. The lowest BCUT2D eigenvalue weighted by atomic mass is 10.00. The largest absolute Gasteiger partial charge is 0.573 e. The van der Waals surface area contributed by atoms with E-state index in [4.69, 9.17) is 9.47 Å². The number of aliphatic carboxylic acids is 1. The van der Waals surface area contributed by atoms with E-state index in [0.717, 1.165) is 6.07 Å². The Bertz CT molecular complexity index is 1510. The van der Waals surface area contributed by atoms with Gasteiger partial charge in [-0.15, -0.1) is 13.2 Å². The van der Waals surface area contributed by atoms with Crippen molar-refractivity contribution in [2.24, 2.45) is 0 Å². The molecule has 0 aliphatic carbocycles. The van der Waals surface area contributed by atoms with E-state index >= 15 is 0 Å². The number of carbonyl (C=O) groups excluding carboxylic acids is 1. The molecule has 1 heterocycles. The third-order valence-electron chi connectivity index (χ3n) is 5.97. The van der Waals surface area contributed by atoms with Crippen LogP contribution in [-0.4, -0.2) is 41.0 Å². The van der Waals surface area contributed by atoms with Crippen molar-refractivity contribution >= 4 is 22.7 Å². The van der Waals surface area contributed by atoms with E-state index in [0.29, 0.717) is 28.1 Å². The number of nitrogens with zero attached hydrogens (tertiary/aromatic N) is 1. The number of carbonyl (C=O) groups is 2. The number of ether oxygens (including phenoxy) is 3.